The lowest BCUT2D eigenvalue weighted by atomic mass is 10.0. The first-order chi connectivity index (χ1) is 15.1. The SMILES string of the molecule is COC(=O)/C=C/CCC(=O)N1CCc2c(n(Cc3cccc(F)c3)c3ncccc23)C1. The maximum atomic E-state index is 13.7. The Balaban J connectivity index is 1.57. The fourth-order valence-electron chi connectivity index (χ4n) is 4.07. The molecule has 2 aromatic heterocycles. The van der Waals surface area contributed by atoms with Crippen LogP contribution in [0, 0.1) is 5.82 Å². The average Bonchev–Trinajstić information content (AvgIpc) is 3.09. The summed E-state index contributed by atoms with van der Waals surface area (Å²) in [6, 6.07) is 10.5. The Kier molecular flexibility index (Phi) is 6.11. The predicted octanol–water partition coefficient (Wildman–Crippen LogP) is 3.62. The van der Waals surface area contributed by atoms with Crippen molar-refractivity contribution in [2.45, 2.75) is 32.4 Å². The number of allylic oxidation sites excluding steroid dienone is 1. The highest BCUT2D eigenvalue weighted by Crippen LogP contribution is 2.31. The van der Waals surface area contributed by atoms with Gasteiger partial charge in [-0.05, 0) is 48.2 Å². The summed E-state index contributed by atoms with van der Waals surface area (Å²) in [6.07, 6.45) is 6.30. The van der Waals surface area contributed by atoms with Crippen LogP contribution in [-0.2, 0) is 33.8 Å². The fourth-order valence-corrected chi connectivity index (χ4v) is 4.07. The lowest BCUT2D eigenvalue weighted by Crippen LogP contribution is -2.36. The normalized spacial score (nSPS) is 13.5. The van der Waals surface area contributed by atoms with Gasteiger partial charge in [-0.3, -0.25) is 4.79 Å². The minimum Gasteiger partial charge on any atom is -0.466 e. The molecule has 1 amide bonds. The monoisotopic (exact) mass is 421 g/mol. The lowest BCUT2D eigenvalue weighted by molar-refractivity contribution is -0.135. The van der Waals surface area contributed by atoms with Gasteiger partial charge in [0.2, 0.25) is 5.91 Å². The van der Waals surface area contributed by atoms with Gasteiger partial charge in [0, 0.05) is 42.9 Å². The number of carbonyl (C=O) groups is 2. The van der Waals surface area contributed by atoms with Gasteiger partial charge in [-0.2, -0.15) is 0 Å². The first-order valence-corrected chi connectivity index (χ1v) is 10.3. The van der Waals surface area contributed by atoms with Crippen LogP contribution in [0.2, 0.25) is 0 Å². The van der Waals surface area contributed by atoms with Gasteiger partial charge in [-0.25, -0.2) is 14.2 Å². The Bertz CT molecular complexity index is 1150. The number of methoxy groups -OCH3 is 1. The Hall–Kier alpha value is -3.48. The van der Waals surface area contributed by atoms with Crippen LogP contribution in [0.1, 0.15) is 29.7 Å². The second-order valence-corrected chi connectivity index (χ2v) is 7.55. The summed E-state index contributed by atoms with van der Waals surface area (Å²) < 4.78 is 20.4. The molecule has 0 saturated carbocycles. The molecule has 0 aliphatic carbocycles. The maximum absolute atomic E-state index is 13.7. The summed E-state index contributed by atoms with van der Waals surface area (Å²) in [5.74, 6) is -0.660. The summed E-state index contributed by atoms with van der Waals surface area (Å²) in [5.41, 5.74) is 3.95. The number of ether oxygens (including phenoxy) is 1. The Morgan fingerprint density at radius 2 is 2.13 bits per heavy atom. The van der Waals surface area contributed by atoms with Crippen molar-refractivity contribution < 1.29 is 18.7 Å². The van der Waals surface area contributed by atoms with E-state index >= 15 is 0 Å². The summed E-state index contributed by atoms with van der Waals surface area (Å²) in [7, 11) is 1.32. The van der Waals surface area contributed by atoms with E-state index < -0.39 is 5.97 Å². The van der Waals surface area contributed by atoms with Gasteiger partial charge in [0.05, 0.1) is 13.7 Å². The van der Waals surface area contributed by atoms with Crippen LogP contribution in [0.15, 0.2) is 54.7 Å². The summed E-state index contributed by atoms with van der Waals surface area (Å²) in [5, 5.41) is 1.09. The van der Waals surface area contributed by atoms with Gasteiger partial charge >= 0.3 is 5.97 Å². The van der Waals surface area contributed by atoms with Crippen molar-refractivity contribution in [1.29, 1.82) is 0 Å². The minimum atomic E-state index is -0.426. The first kappa shape index (κ1) is 20.8. The average molecular weight is 421 g/mol. The number of rotatable bonds is 6. The van der Waals surface area contributed by atoms with Gasteiger partial charge in [0.15, 0.2) is 0 Å². The molecule has 3 aromatic rings. The number of esters is 1. The second-order valence-electron chi connectivity index (χ2n) is 7.55. The molecule has 0 unspecified atom stereocenters. The number of pyridine rings is 1. The van der Waals surface area contributed by atoms with Crippen molar-refractivity contribution >= 4 is 22.9 Å². The highest BCUT2D eigenvalue weighted by molar-refractivity contribution is 5.84. The molecule has 0 saturated heterocycles. The zero-order valence-electron chi connectivity index (χ0n) is 17.4. The number of nitrogens with zero attached hydrogens (tertiary/aromatic N) is 3. The molecule has 31 heavy (non-hydrogen) atoms. The molecule has 1 aliphatic rings. The zero-order chi connectivity index (χ0) is 21.8. The summed E-state index contributed by atoms with van der Waals surface area (Å²) >= 11 is 0. The number of fused-ring (bicyclic) bond motifs is 3. The third kappa shape index (κ3) is 4.50. The van der Waals surface area contributed by atoms with Crippen molar-refractivity contribution in [2.75, 3.05) is 13.7 Å². The summed E-state index contributed by atoms with van der Waals surface area (Å²) in [4.78, 5) is 30.3. The number of carbonyl (C=O) groups excluding carboxylic acids is 2. The highest BCUT2D eigenvalue weighted by atomic mass is 19.1. The third-order valence-corrected chi connectivity index (χ3v) is 5.58. The highest BCUT2D eigenvalue weighted by Gasteiger charge is 2.26. The van der Waals surface area contributed by atoms with Crippen molar-refractivity contribution in [3.63, 3.8) is 0 Å². The minimum absolute atomic E-state index is 0.0377. The van der Waals surface area contributed by atoms with Crippen LogP contribution in [0.5, 0.6) is 0 Å². The van der Waals surface area contributed by atoms with Crippen LogP contribution in [0.25, 0.3) is 11.0 Å². The van der Waals surface area contributed by atoms with Gasteiger partial charge < -0.3 is 14.2 Å². The molecule has 0 fully saturated rings. The second kappa shape index (κ2) is 9.12. The number of benzene rings is 1. The standard InChI is InChI=1S/C24H24FN3O3/c1-31-23(30)10-3-2-9-22(29)27-13-11-19-20-8-5-12-26-24(20)28(21(19)16-27)15-17-6-4-7-18(25)14-17/h3-8,10,12,14H,2,9,11,13,15-16H2,1H3/b10-3+. The zero-order valence-corrected chi connectivity index (χ0v) is 17.4. The fraction of sp³-hybridized carbons (Fsp3) is 0.292. The largest absolute Gasteiger partial charge is 0.466 e. The Morgan fingerprint density at radius 1 is 1.26 bits per heavy atom. The van der Waals surface area contributed by atoms with Crippen LogP contribution >= 0.6 is 0 Å². The van der Waals surface area contributed by atoms with Crippen LogP contribution in [0.3, 0.4) is 0 Å². The molecule has 4 rings (SSSR count). The summed E-state index contributed by atoms with van der Waals surface area (Å²) in [6.45, 7) is 1.62. The first-order valence-electron chi connectivity index (χ1n) is 10.3. The van der Waals surface area contributed by atoms with E-state index in [4.69, 9.17) is 0 Å². The van der Waals surface area contributed by atoms with E-state index in [1.807, 2.05) is 17.0 Å². The Morgan fingerprint density at radius 3 is 2.94 bits per heavy atom. The van der Waals surface area contributed by atoms with E-state index in [9.17, 15) is 14.0 Å². The van der Waals surface area contributed by atoms with E-state index in [-0.39, 0.29) is 11.7 Å². The molecule has 1 aliphatic heterocycles. The quantitative estimate of drug-likeness (QED) is 0.451. The van der Waals surface area contributed by atoms with E-state index in [1.165, 1.54) is 30.9 Å². The smallest absolute Gasteiger partial charge is 0.330 e. The molecule has 0 radical (unpaired) electrons. The molecule has 3 heterocycles. The molecule has 0 atom stereocenters. The third-order valence-electron chi connectivity index (χ3n) is 5.58. The van der Waals surface area contributed by atoms with Gasteiger partial charge in [-0.1, -0.05) is 18.2 Å². The molecule has 0 N–H and O–H groups in total. The number of aromatic nitrogens is 2. The molecular formula is C24H24FN3O3. The van der Waals surface area contributed by atoms with Crippen molar-refractivity contribution in [2.24, 2.45) is 0 Å². The predicted molar refractivity (Wildman–Crippen MR) is 115 cm³/mol. The lowest BCUT2D eigenvalue weighted by Gasteiger charge is -2.28. The van der Waals surface area contributed by atoms with E-state index in [0.717, 1.165) is 28.7 Å². The van der Waals surface area contributed by atoms with Crippen LogP contribution in [-0.4, -0.2) is 40.0 Å². The topological polar surface area (TPSA) is 64.4 Å². The van der Waals surface area contributed by atoms with E-state index in [0.29, 0.717) is 32.5 Å². The molecule has 160 valence electrons. The maximum Gasteiger partial charge on any atom is 0.330 e. The van der Waals surface area contributed by atoms with Crippen molar-refractivity contribution in [3.8, 4) is 0 Å². The van der Waals surface area contributed by atoms with E-state index in [1.54, 1.807) is 18.3 Å². The number of halogens is 1. The molecule has 0 spiro atoms. The molecular weight excluding hydrogens is 397 g/mol. The van der Waals surface area contributed by atoms with Crippen molar-refractivity contribution in [3.05, 3.63) is 77.4 Å². The van der Waals surface area contributed by atoms with Gasteiger partial charge in [0.25, 0.3) is 0 Å². The number of hydrogen-bond acceptors (Lipinski definition) is 4. The van der Waals surface area contributed by atoms with Crippen LogP contribution in [0.4, 0.5) is 4.39 Å². The van der Waals surface area contributed by atoms with Gasteiger partial charge in [0.1, 0.15) is 11.5 Å². The Labute approximate surface area is 179 Å². The molecule has 6 nitrogen and oxygen atoms in total. The van der Waals surface area contributed by atoms with Crippen LogP contribution < -0.4 is 0 Å². The van der Waals surface area contributed by atoms with Crippen molar-refractivity contribution in [1.82, 2.24) is 14.5 Å². The van der Waals surface area contributed by atoms with Gasteiger partial charge in [-0.15, -0.1) is 0 Å². The number of hydrogen-bond donors (Lipinski definition) is 0. The molecule has 0 bridgehead atoms. The number of amides is 1. The van der Waals surface area contributed by atoms with E-state index in [2.05, 4.69) is 20.4 Å². The molecule has 7 heteroatoms. The molecule has 1 aromatic carbocycles.